The summed E-state index contributed by atoms with van der Waals surface area (Å²) < 4.78 is 0. The van der Waals surface area contributed by atoms with Crippen molar-refractivity contribution in [2.75, 3.05) is 16.8 Å². The molecular formula is C21H21N5O2S. The molecule has 0 saturated carbocycles. The van der Waals surface area contributed by atoms with E-state index in [2.05, 4.69) is 32.0 Å². The molecule has 0 aromatic carbocycles. The third-order valence-corrected chi connectivity index (χ3v) is 5.41. The lowest BCUT2D eigenvalue weighted by Gasteiger charge is -2.29. The highest BCUT2D eigenvalue weighted by molar-refractivity contribution is 7.07. The number of pyridine rings is 2. The van der Waals surface area contributed by atoms with Crippen molar-refractivity contribution in [1.82, 2.24) is 15.3 Å². The van der Waals surface area contributed by atoms with Gasteiger partial charge in [0.15, 0.2) is 5.82 Å². The Hall–Kier alpha value is -3.26. The summed E-state index contributed by atoms with van der Waals surface area (Å²) in [5, 5.41) is 10.1. The average molecular weight is 407 g/mol. The number of nitrogens with one attached hydrogen (secondary N) is 2. The molecule has 3 aromatic rings. The smallest absolute Gasteiger partial charge is 0.253 e. The van der Waals surface area contributed by atoms with E-state index in [1.807, 2.05) is 30.5 Å². The fourth-order valence-corrected chi connectivity index (χ4v) is 3.94. The van der Waals surface area contributed by atoms with Crippen LogP contribution in [0.15, 0.2) is 53.5 Å². The summed E-state index contributed by atoms with van der Waals surface area (Å²) in [6.07, 6.45) is 3.99. The van der Waals surface area contributed by atoms with E-state index in [-0.39, 0.29) is 24.4 Å². The van der Waals surface area contributed by atoms with Crippen LogP contribution in [0.25, 0.3) is 0 Å². The van der Waals surface area contributed by atoms with Gasteiger partial charge < -0.3 is 15.5 Å². The highest BCUT2D eigenvalue weighted by Crippen LogP contribution is 2.29. The summed E-state index contributed by atoms with van der Waals surface area (Å²) in [6.45, 7) is 2.46. The third kappa shape index (κ3) is 4.43. The molecule has 0 aliphatic carbocycles. The van der Waals surface area contributed by atoms with Crippen molar-refractivity contribution in [3.8, 4) is 0 Å². The highest BCUT2D eigenvalue weighted by Gasteiger charge is 2.26. The molecule has 2 amide bonds. The molecule has 0 bridgehead atoms. The number of carbonyl (C=O) groups is 2. The topological polar surface area (TPSA) is 87.2 Å². The van der Waals surface area contributed by atoms with Crippen LogP contribution in [-0.2, 0) is 17.8 Å². The van der Waals surface area contributed by atoms with Gasteiger partial charge in [-0.05, 0) is 53.9 Å². The number of aromatic nitrogens is 2. The minimum Gasteiger partial charge on any atom is -0.359 e. The summed E-state index contributed by atoms with van der Waals surface area (Å²) in [5.41, 5.74) is 2.98. The van der Waals surface area contributed by atoms with Gasteiger partial charge in [0.1, 0.15) is 0 Å². The van der Waals surface area contributed by atoms with Crippen LogP contribution in [0.3, 0.4) is 0 Å². The summed E-state index contributed by atoms with van der Waals surface area (Å²) in [5.74, 6) is 0.288. The van der Waals surface area contributed by atoms with Gasteiger partial charge in [-0.3, -0.25) is 14.6 Å². The molecule has 1 atom stereocenters. The van der Waals surface area contributed by atoms with Crippen molar-refractivity contribution in [3.63, 3.8) is 0 Å². The molecule has 4 heterocycles. The quantitative estimate of drug-likeness (QED) is 0.656. The number of hydrogen-bond donors (Lipinski definition) is 2. The van der Waals surface area contributed by atoms with Gasteiger partial charge in [0.05, 0.1) is 30.0 Å². The van der Waals surface area contributed by atoms with E-state index in [1.54, 1.807) is 28.5 Å². The van der Waals surface area contributed by atoms with E-state index >= 15 is 0 Å². The van der Waals surface area contributed by atoms with Crippen molar-refractivity contribution in [3.05, 3.63) is 70.3 Å². The zero-order valence-corrected chi connectivity index (χ0v) is 16.8. The lowest BCUT2D eigenvalue weighted by atomic mass is 10.1. The van der Waals surface area contributed by atoms with E-state index in [4.69, 9.17) is 0 Å². The summed E-state index contributed by atoms with van der Waals surface area (Å²) in [4.78, 5) is 35.5. The first-order chi connectivity index (χ1) is 14.1. The predicted molar refractivity (Wildman–Crippen MR) is 113 cm³/mol. The van der Waals surface area contributed by atoms with Gasteiger partial charge in [-0.25, -0.2) is 4.98 Å². The minimum atomic E-state index is -0.209. The molecule has 0 fully saturated rings. The minimum absolute atomic E-state index is 0.0162. The number of carbonyl (C=O) groups excluding carboxylic acids is 2. The Morgan fingerprint density at radius 3 is 3.00 bits per heavy atom. The Labute approximate surface area is 172 Å². The molecule has 7 nitrogen and oxygen atoms in total. The maximum atomic E-state index is 12.7. The first kappa shape index (κ1) is 19.1. The monoisotopic (exact) mass is 407 g/mol. The van der Waals surface area contributed by atoms with E-state index in [9.17, 15) is 9.59 Å². The summed E-state index contributed by atoms with van der Waals surface area (Å²) in [7, 11) is 0. The molecule has 29 heavy (non-hydrogen) atoms. The SMILES string of the molecule is CC(Cc1ccsc1)NC(=O)c1cnc2c(c1)N(Cc1ccccn1)C(=O)CN2. The second-order valence-corrected chi connectivity index (χ2v) is 7.74. The van der Waals surface area contributed by atoms with Crippen molar-refractivity contribution in [1.29, 1.82) is 0 Å². The number of rotatable bonds is 6. The number of hydrogen-bond acceptors (Lipinski definition) is 6. The third-order valence-electron chi connectivity index (χ3n) is 4.67. The Balaban J connectivity index is 1.52. The number of anilines is 2. The van der Waals surface area contributed by atoms with E-state index in [0.29, 0.717) is 23.6 Å². The van der Waals surface area contributed by atoms with E-state index in [1.165, 1.54) is 11.8 Å². The van der Waals surface area contributed by atoms with E-state index < -0.39 is 0 Å². The fourth-order valence-electron chi connectivity index (χ4n) is 3.26. The normalized spacial score (nSPS) is 14.1. The van der Waals surface area contributed by atoms with Crippen molar-refractivity contribution in [2.45, 2.75) is 25.9 Å². The molecule has 1 aliphatic rings. The second-order valence-electron chi connectivity index (χ2n) is 6.96. The van der Waals surface area contributed by atoms with Crippen LogP contribution in [0.2, 0.25) is 0 Å². The Kier molecular flexibility index (Phi) is 5.53. The van der Waals surface area contributed by atoms with Crippen LogP contribution >= 0.6 is 11.3 Å². The van der Waals surface area contributed by atoms with Crippen molar-refractivity contribution < 1.29 is 9.59 Å². The highest BCUT2D eigenvalue weighted by atomic mass is 32.1. The first-order valence-corrected chi connectivity index (χ1v) is 10.3. The van der Waals surface area contributed by atoms with Gasteiger partial charge in [-0.15, -0.1) is 0 Å². The molecule has 148 valence electrons. The number of fused-ring (bicyclic) bond motifs is 1. The van der Waals surface area contributed by atoms with Gasteiger partial charge in [-0.1, -0.05) is 6.07 Å². The molecule has 0 spiro atoms. The van der Waals surface area contributed by atoms with Gasteiger partial charge >= 0.3 is 0 Å². The van der Waals surface area contributed by atoms with E-state index in [0.717, 1.165) is 12.1 Å². The largest absolute Gasteiger partial charge is 0.359 e. The molecule has 8 heteroatoms. The Morgan fingerprint density at radius 1 is 1.34 bits per heavy atom. The number of thiophene rings is 1. The molecule has 0 saturated heterocycles. The Bertz CT molecular complexity index is 1010. The number of nitrogens with zero attached hydrogens (tertiary/aromatic N) is 3. The van der Waals surface area contributed by atoms with Gasteiger partial charge in [0, 0.05) is 18.4 Å². The molecule has 4 rings (SSSR count). The Morgan fingerprint density at radius 2 is 2.24 bits per heavy atom. The van der Waals surface area contributed by atoms with Crippen LogP contribution in [0.5, 0.6) is 0 Å². The van der Waals surface area contributed by atoms with Crippen LogP contribution < -0.4 is 15.5 Å². The molecule has 0 radical (unpaired) electrons. The lowest BCUT2D eigenvalue weighted by molar-refractivity contribution is -0.117. The van der Waals surface area contributed by atoms with Gasteiger partial charge in [0.25, 0.3) is 5.91 Å². The van der Waals surface area contributed by atoms with Gasteiger partial charge in [0.2, 0.25) is 5.91 Å². The first-order valence-electron chi connectivity index (χ1n) is 9.36. The maximum absolute atomic E-state index is 12.7. The fraction of sp³-hybridized carbons (Fsp3) is 0.238. The summed E-state index contributed by atoms with van der Waals surface area (Å²) in [6, 6.07) is 9.33. The van der Waals surface area contributed by atoms with Crippen LogP contribution in [0, 0.1) is 0 Å². The van der Waals surface area contributed by atoms with Crippen molar-refractivity contribution >= 4 is 34.7 Å². The molecule has 1 aliphatic heterocycles. The summed E-state index contributed by atoms with van der Waals surface area (Å²) >= 11 is 1.64. The predicted octanol–water partition coefficient (Wildman–Crippen LogP) is 2.86. The van der Waals surface area contributed by atoms with Crippen molar-refractivity contribution in [2.24, 2.45) is 0 Å². The zero-order valence-electron chi connectivity index (χ0n) is 16.0. The standard InChI is InChI=1S/C21H21N5O2S/c1-14(8-15-5-7-29-13-15)25-21(28)16-9-18-20(23-10-16)24-11-19(27)26(18)12-17-4-2-3-6-22-17/h2-7,9-10,13-14H,8,11-12H2,1H3,(H,23,24)(H,25,28). The lowest BCUT2D eigenvalue weighted by Crippen LogP contribution is -2.40. The molecule has 3 aromatic heterocycles. The van der Waals surface area contributed by atoms with Gasteiger partial charge in [-0.2, -0.15) is 11.3 Å². The van der Waals surface area contributed by atoms with Crippen LogP contribution in [0.4, 0.5) is 11.5 Å². The zero-order chi connectivity index (χ0) is 20.2. The second kappa shape index (κ2) is 8.40. The van der Waals surface area contributed by atoms with Crippen LogP contribution in [0.1, 0.15) is 28.5 Å². The number of amides is 2. The average Bonchev–Trinajstić information content (AvgIpc) is 3.23. The maximum Gasteiger partial charge on any atom is 0.253 e. The molecular weight excluding hydrogens is 386 g/mol. The molecule has 2 N–H and O–H groups in total. The van der Waals surface area contributed by atoms with Crippen LogP contribution in [-0.4, -0.2) is 34.4 Å². The molecule has 1 unspecified atom stereocenters.